The van der Waals surface area contributed by atoms with E-state index in [4.69, 9.17) is 20.3 Å². The number of aliphatic hydroxyl groups excluding tert-OH is 3. The number of phosphoric acid groups is 2. The molecular weight excluding hydrogens is 428 g/mol. The molecule has 3 heterocycles. The number of ether oxygens (including phenoxy) is 1. The monoisotopic (exact) mass is 445 g/mol. The van der Waals surface area contributed by atoms with Gasteiger partial charge < -0.3 is 45.8 Å². The summed E-state index contributed by atoms with van der Waals surface area (Å²) in [5, 5.41) is 33.1. The van der Waals surface area contributed by atoms with E-state index in [9.17, 15) is 29.3 Å². The molecule has 0 bridgehead atoms. The topological polar surface area (TPSA) is 250 Å². The summed E-state index contributed by atoms with van der Waals surface area (Å²) in [5.74, 6) is 0.0748. The van der Waals surface area contributed by atoms with Gasteiger partial charge in [0, 0.05) is 0 Å². The molecule has 0 saturated carbocycles. The molecule has 1 aromatic heterocycles. The molecule has 16 nitrogen and oxygen atoms in total. The van der Waals surface area contributed by atoms with Gasteiger partial charge in [0.2, 0.25) is 6.35 Å². The van der Waals surface area contributed by atoms with Crippen molar-refractivity contribution >= 4 is 33.0 Å². The Morgan fingerprint density at radius 2 is 1.89 bits per heavy atom. The van der Waals surface area contributed by atoms with Crippen molar-refractivity contribution in [1.82, 2.24) is 9.97 Å². The number of aromatic nitrogens is 2. The zero-order valence-electron chi connectivity index (χ0n) is 13.7. The fourth-order valence-corrected chi connectivity index (χ4v) is 4.32. The Hall–Kier alpha value is -1.42. The molecule has 1 unspecified atom stereocenters. The number of hydrogen-bond acceptors (Lipinski definition) is 13. The molecule has 158 valence electrons. The summed E-state index contributed by atoms with van der Waals surface area (Å²) in [7, 11) is -10.5. The van der Waals surface area contributed by atoms with Crippen LogP contribution in [0.4, 0.5) is 17.3 Å². The second-order valence-corrected chi connectivity index (χ2v) is 8.60. The van der Waals surface area contributed by atoms with Crippen LogP contribution in [0.1, 0.15) is 0 Å². The first-order valence-corrected chi connectivity index (χ1v) is 10.5. The van der Waals surface area contributed by atoms with Crippen molar-refractivity contribution in [3.8, 4) is 0 Å². The zero-order chi connectivity index (χ0) is 20.9. The minimum absolute atomic E-state index is 0.00951. The van der Waals surface area contributed by atoms with Crippen LogP contribution in [0.3, 0.4) is 0 Å². The predicted molar refractivity (Wildman–Crippen MR) is 88.1 cm³/mol. The fraction of sp³-hybridized carbons (Fsp3) is 0.600. The first kappa shape index (κ1) is 21.3. The minimum atomic E-state index is -5.32. The molecule has 3 rings (SSSR count). The van der Waals surface area contributed by atoms with Crippen LogP contribution >= 0.6 is 15.6 Å². The number of hydrogen-bond donors (Lipinski definition) is 8. The number of nitrogen functional groups attached to an aromatic ring is 1. The average molecular weight is 445 g/mol. The number of fused-ring (bicyclic) bond motifs is 1. The molecule has 0 radical (unpaired) electrons. The minimum Gasteiger partial charge on any atom is -0.387 e. The van der Waals surface area contributed by atoms with Gasteiger partial charge in [-0.05, 0) is 0 Å². The molecule has 2 aliphatic rings. The summed E-state index contributed by atoms with van der Waals surface area (Å²) in [6.45, 7) is -0.876. The lowest BCUT2D eigenvalue weighted by atomic mass is 10.1. The fourth-order valence-electron chi connectivity index (χ4n) is 2.72. The summed E-state index contributed by atoms with van der Waals surface area (Å²) in [6.07, 6.45) is -6.45. The SMILES string of the molecule is Nc1ncnc2c1N[C@@H](O)N2[C@@H]1O[C@H](COP(=O)(O)OP(=O)(O)O)[C@@H](O)[C@H]1O. The Balaban J connectivity index is 1.73. The number of rotatable bonds is 6. The lowest BCUT2D eigenvalue weighted by Gasteiger charge is -2.29. The third kappa shape index (κ3) is 4.27. The normalized spacial score (nSPS) is 32.1. The van der Waals surface area contributed by atoms with Crippen LogP contribution in [0, 0.1) is 0 Å². The number of nitrogens with one attached hydrogen (secondary N) is 1. The Labute approximate surface area is 156 Å². The summed E-state index contributed by atoms with van der Waals surface area (Å²) in [6, 6.07) is 0. The van der Waals surface area contributed by atoms with E-state index in [0.717, 1.165) is 11.2 Å². The van der Waals surface area contributed by atoms with Crippen molar-refractivity contribution in [3.63, 3.8) is 0 Å². The highest BCUT2D eigenvalue weighted by Crippen LogP contribution is 2.57. The van der Waals surface area contributed by atoms with Gasteiger partial charge in [-0.1, -0.05) is 0 Å². The highest BCUT2D eigenvalue weighted by atomic mass is 31.3. The molecule has 2 aliphatic heterocycles. The van der Waals surface area contributed by atoms with Gasteiger partial charge in [0.1, 0.15) is 30.3 Å². The van der Waals surface area contributed by atoms with Crippen molar-refractivity contribution in [1.29, 1.82) is 0 Å². The molecule has 0 amide bonds. The molecule has 0 aromatic carbocycles. The van der Waals surface area contributed by atoms with Gasteiger partial charge in [0.05, 0.1) is 6.61 Å². The molecule has 9 N–H and O–H groups in total. The van der Waals surface area contributed by atoms with Crippen LogP contribution in [-0.4, -0.2) is 77.5 Å². The van der Waals surface area contributed by atoms with Crippen molar-refractivity contribution in [2.75, 3.05) is 22.6 Å². The summed E-state index contributed by atoms with van der Waals surface area (Å²) in [5.41, 5.74) is 5.83. The average Bonchev–Trinajstić information content (AvgIpc) is 3.02. The highest BCUT2D eigenvalue weighted by Gasteiger charge is 2.50. The van der Waals surface area contributed by atoms with E-state index in [1.165, 1.54) is 0 Å². The molecule has 1 fully saturated rings. The van der Waals surface area contributed by atoms with Gasteiger partial charge >= 0.3 is 15.6 Å². The van der Waals surface area contributed by atoms with Crippen LogP contribution in [0.25, 0.3) is 0 Å². The Morgan fingerprint density at radius 3 is 2.54 bits per heavy atom. The molecule has 1 aromatic rings. The number of nitrogens with zero attached hydrogens (tertiary/aromatic N) is 3. The second-order valence-electron chi connectivity index (χ2n) is 5.77. The van der Waals surface area contributed by atoms with Crippen LogP contribution in [0.2, 0.25) is 0 Å². The van der Waals surface area contributed by atoms with Gasteiger partial charge in [-0.3, -0.25) is 9.42 Å². The molecule has 18 heteroatoms. The maximum atomic E-state index is 11.5. The summed E-state index contributed by atoms with van der Waals surface area (Å²) >= 11 is 0. The molecule has 6 atom stereocenters. The van der Waals surface area contributed by atoms with Gasteiger partial charge in [0.15, 0.2) is 17.9 Å². The third-order valence-corrected chi connectivity index (χ3v) is 6.01. The number of nitrogens with two attached hydrogens (primary N) is 1. The summed E-state index contributed by atoms with van der Waals surface area (Å²) in [4.78, 5) is 35.1. The Bertz CT molecular complexity index is 838. The molecule has 0 aliphatic carbocycles. The zero-order valence-corrected chi connectivity index (χ0v) is 15.5. The Kier molecular flexibility index (Phi) is 5.66. The second kappa shape index (κ2) is 7.44. The standard InChI is InChI=1S/C10H17N5O11P2/c11-7-4-8(13-2-12-7)15(10(18)14-4)9-6(17)5(16)3(25-9)1-24-28(22,23)26-27(19,20)21/h2-3,5-6,9-10,14,16-18H,1H2,(H,22,23)(H2,11,12,13)(H2,19,20,21)/t3-,5-,6-,9-,10-/m1/s1. The number of aliphatic hydroxyl groups is 3. The predicted octanol–water partition coefficient (Wildman–Crippen LogP) is -2.76. The maximum Gasteiger partial charge on any atom is 0.481 e. The van der Waals surface area contributed by atoms with Gasteiger partial charge in [-0.25, -0.2) is 19.1 Å². The first-order valence-electron chi connectivity index (χ1n) is 7.49. The quantitative estimate of drug-likeness (QED) is 0.206. The van der Waals surface area contributed by atoms with Gasteiger partial charge in [0.25, 0.3) is 0 Å². The molecule has 28 heavy (non-hydrogen) atoms. The number of phosphoric ester groups is 1. The highest BCUT2D eigenvalue weighted by molar-refractivity contribution is 7.60. The Morgan fingerprint density at radius 1 is 1.21 bits per heavy atom. The van der Waals surface area contributed by atoms with E-state index in [1.54, 1.807) is 0 Å². The van der Waals surface area contributed by atoms with Gasteiger partial charge in [-0.2, -0.15) is 4.31 Å². The van der Waals surface area contributed by atoms with Crippen LogP contribution in [0.5, 0.6) is 0 Å². The summed E-state index contributed by atoms with van der Waals surface area (Å²) < 4.78 is 35.5. The van der Waals surface area contributed by atoms with E-state index in [1.807, 2.05) is 0 Å². The first-order chi connectivity index (χ1) is 12.9. The molecular formula is C10H17N5O11P2. The largest absolute Gasteiger partial charge is 0.481 e. The smallest absolute Gasteiger partial charge is 0.387 e. The van der Waals surface area contributed by atoms with Crippen LogP contribution in [0.15, 0.2) is 6.33 Å². The van der Waals surface area contributed by atoms with Crippen LogP contribution < -0.4 is 16.0 Å². The molecule has 1 saturated heterocycles. The lowest BCUT2D eigenvalue weighted by molar-refractivity contribution is -0.0314. The van der Waals surface area contributed by atoms with Crippen molar-refractivity contribution in [2.24, 2.45) is 0 Å². The third-order valence-electron chi connectivity index (χ3n) is 3.86. The van der Waals surface area contributed by atoms with Crippen molar-refractivity contribution < 1.29 is 52.7 Å². The van der Waals surface area contributed by atoms with Crippen molar-refractivity contribution in [3.05, 3.63) is 6.33 Å². The van der Waals surface area contributed by atoms with E-state index < -0.39 is 53.1 Å². The van der Waals surface area contributed by atoms with Crippen LogP contribution in [-0.2, 0) is 22.7 Å². The van der Waals surface area contributed by atoms with E-state index >= 15 is 0 Å². The van der Waals surface area contributed by atoms with Crippen molar-refractivity contribution in [2.45, 2.75) is 30.9 Å². The number of anilines is 3. The molecule has 0 spiro atoms. The van der Waals surface area contributed by atoms with Gasteiger partial charge in [-0.15, -0.1) is 0 Å². The maximum absolute atomic E-state index is 11.5. The lowest BCUT2D eigenvalue weighted by Crippen LogP contribution is -2.49. The van der Waals surface area contributed by atoms with E-state index in [0.29, 0.717) is 0 Å². The van der Waals surface area contributed by atoms with E-state index in [-0.39, 0.29) is 17.3 Å². The van der Waals surface area contributed by atoms with E-state index in [2.05, 4.69) is 24.1 Å².